The highest BCUT2D eigenvalue weighted by Gasteiger charge is 2.28. The predicted octanol–water partition coefficient (Wildman–Crippen LogP) is 6.75. The fourth-order valence-corrected chi connectivity index (χ4v) is 5.56. The molecule has 1 saturated heterocycles. The number of methoxy groups -OCH3 is 2. The topological polar surface area (TPSA) is 75.0 Å². The van der Waals surface area contributed by atoms with Gasteiger partial charge in [-0.25, -0.2) is 0 Å². The Hall–Kier alpha value is -4.33. The van der Waals surface area contributed by atoms with E-state index in [0.717, 1.165) is 64.4 Å². The van der Waals surface area contributed by atoms with Crippen molar-refractivity contribution in [2.24, 2.45) is 0 Å². The minimum absolute atomic E-state index is 0.0169. The van der Waals surface area contributed by atoms with Gasteiger partial charge in [0, 0.05) is 40.4 Å². The van der Waals surface area contributed by atoms with Gasteiger partial charge in [-0.15, -0.1) is 0 Å². The Bertz CT molecular complexity index is 1580. The lowest BCUT2D eigenvalue weighted by molar-refractivity contribution is 0.00983. The summed E-state index contributed by atoms with van der Waals surface area (Å²) in [5, 5.41) is 9.70. The maximum absolute atomic E-state index is 6.55. The summed E-state index contributed by atoms with van der Waals surface area (Å²) in [5.74, 6) is 3.37. The summed E-state index contributed by atoms with van der Waals surface area (Å²) in [7, 11) is 3.40. The van der Waals surface area contributed by atoms with Gasteiger partial charge in [-0.3, -0.25) is 0 Å². The van der Waals surface area contributed by atoms with Gasteiger partial charge in [0.25, 0.3) is 0 Å². The first-order valence-corrected chi connectivity index (χ1v) is 13.9. The molecule has 1 aliphatic rings. The van der Waals surface area contributed by atoms with Crippen molar-refractivity contribution in [2.75, 3.05) is 27.3 Å². The second-order valence-corrected chi connectivity index (χ2v) is 10.2. The molecule has 1 N–H and O–H groups in total. The Morgan fingerprint density at radius 1 is 0.854 bits per heavy atom. The minimum Gasteiger partial charge on any atom is -0.496 e. The zero-order valence-electron chi connectivity index (χ0n) is 23.3. The molecule has 0 spiro atoms. The fourth-order valence-electron chi connectivity index (χ4n) is 5.56. The van der Waals surface area contributed by atoms with E-state index in [4.69, 9.17) is 23.5 Å². The van der Waals surface area contributed by atoms with Gasteiger partial charge in [-0.2, -0.15) is 0 Å². The number of nitrogens with one attached hydrogen (secondary N) is 1. The van der Waals surface area contributed by atoms with Crippen LogP contribution in [0.3, 0.4) is 0 Å². The summed E-state index contributed by atoms with van der Waals surface area (Å²) in [6, 6.07) is 30.3. The van der Waals surface area contributed by atoms with Gasteiger partial charge in [0.05, 0.1) is 26.9 Å². The quantitative estimate of drug-likeness (QED) is 0.206. The molecule has 4 aromatic carbocycles. The van der Waals surface area contributed by atoms with E-state index in [0.29, 0.717) is 19.0 Å². The number of nitrogens with zero attached hydrogens (tertiary/aromatic N) is 1. The van der Waals surface area contributed by atoms with Crippen LogP contribution in [0.1, 0.15) is 29.2 Å². The number of piperidine rings is 1. The molecular weight excluding hydrogens is 516 g/mol. The second kappa shape index (κ2) is 12.5. The molecule has 0 saturated carbocycles. The van der Waals surface area contributed by atoms with E-state index in [1.165, 1.54) is 5.56 Å². The summed E-state index contributed by atoms with van der Waals surface area (Å²) in [5.41, 5.74) is 4.02. The average molecular weight is 551 g/mol. The van der Waals surface area contributed by atoms with Gasteiger partial charge in [0.1, 0.15) is 29.5 Å². The van der Waals surface area contributed by atoms with Gasteiger partial charge in [-0.05, 0) is 36.7 Å². The molecule has 0 bridgehead atoms. The fraction of sp³-hybridized carbons (Fsp3) is 0.265. The van der Waals surface area contributed by atoms with E-state index < -0.39 is 0 Å². The smallest absolute Gasteiger partial charge is 0.174 e. The van der Waals surface area contributed by atoms with Gasteiger partial charge >= 0.3 is 0 Å². The third kappa shape index (κ3) is 5.92. The molecule has 5 aromatic rings. The molecule has 7 heteroatoms. The Morgan fingerprint density at radius 3 is 2.41 bits per heavy atom. The molecule has 0 amide bonds. The molecule has 0 aliphatic carbocycles. The first-order chi connectivity index (χ1) is 20.2. The van der Waals surface area contributed by atoms with Gasteiger partial charge in [0.2, 0.25) is 0 Å². The standard InChI is InChI=1S/C34H34N2O5/c1-37-32-18-25(34(38-2)30-11-7-6-10-29(30)32)21-40-33-20-35-17-16-28(33)23-12-14-26(15-13-23)39-22-27-19-31(36-41-27)24-8-4-3-5-9-24/h3-15,18-19,28,33,35H,16-17,20-22H2,1-2H3. The number of rotatable bonds is 10. The van der Waals surface area contributed by atoms with Crippen LogP contribution < -0.4 is 19.5 Å². The van der Waals surface area contributed by atoms with Crippen molar-refractivity contribution in [3.63, 3.8) is 0 Å². The van der Waals surface area contributed by atoms with Crippen molar-refractivity contribution in [3.05, 3.63) is 108 Å². The highest BCUT2D eigenvalue weighted by Crippen LogP contribution is 2.38. The molecule has 7 nitrogen and oxygen atoms in total. The number of ether oxygens (including phenoxy) is 4. The van der Waals surface area contributed by atoms with Crippen LogP contribution >= 0.6 is 0 Å². The van der Waals surface area contributed by atoms with Gasteiger partial charge in [0.15, 0.2) is 5.76 Å². The molecule has 1 fully saturated rings. The Morgan fingerprint density at radius 2 is 1.63 bits per heavy atom. The number of hydrogen-bond donors (Lipinski definition) is 1. The predicted molar refractivity (Wildman–Crippen MR) is 159 cm³/mol. The van der Waals surface area contributed by atoms with Crippen LogP contribution in [-0.2, 0) is 18.0 Å². The maximum Gasteiger partial charge on any atom is 0.174 e. The molecule has 0 radical (unpaired) electrons. The molecule has 1 aromatic heterocycles. The molecule has 2 unspecified atom stereocenters. The van der Waals surface area contributed by atoms with Crippen LogP contribution in [0.4, 0.5) is 0 Å². The number of fused-ring (bicyclic) bond motifs is 1. The van der Waals surface area contributed by atoms with E-state index in [1.807, 2.05) is 72.8 Å². The first-order valence-electron chi connectivity index (χ1n) is 13.9. The largest absolute Gasteiger partial charge is 0.496 e. The van der Waals surface area contributed by atoms with Crippen LogP contribution in [0.25, 0.3) is 22.0 Å². The summed E-state index contributed by atoms with van der Waals surface area (Å²) in [6.45, 7) is 2.47. The summed E-state index contributed by atoms with van der Waals surface area (Å²) in [6.07, 6.45) is 1.01. The molecular formula is C34H34N2O5. The number of benzene rings is 4. The van der Waals surface area contributed by atoms with Gasteiger partial charge in [-0.1, -0.05) is 71.9 Å². The van der Waals surface area contributed by atoms with E-state index in [9.17, 15) is 0 Å². The number of hydrogen-bond acceptors (Lipinski definition) is 7. The normalized spacial score (nSPS) is 16.9. The van der Waals surface area contributed by atoms with Crippen molar-refractivity contribution in [1.29, 1.82) is 0 Å². The Labute approximate surface area is 240 Å². The minimum atomic E-state index is 0.0169. The maximum atomic E-state index is 6.55. The van der Waals surface area contributed by atoms with Crippen molar-refractivity contribution in [2.45, 2.75) is 31.7 Å². The van der Waals surface area contributed by atoms with E-state index in [-0.39, 0.29) is 12.0 Å². The van der Waals surface area contributed by atoms with Gasteiger partial charge < -0.3 is 28.8 Å². The van der Waals surface area contributed by atoms with Crippen molar-refractivity contribution in [1.82, 2.24) is 10.5 Å². The third-order valence-corrected chi connectivity index (χ3v) is 7.66. The van der Waals surface area contributed by atoms with E-state index >= 15 is 0 Å². The molecule has 41 heavy (non-hydrogen) atoms. The Balaban J connectivity index is 1.12. The van der Waals surface area contributed by atoms with E-state index in [2.05, 4.69) is 28.7 Å². The van der Waals surface area contributed by atoms with Crippen LogP contribution in [0.15, 0.2) is 95.5 Å². The lowest BCUT2D eigenvalue weighted by Crippen LogP contribution is -2.41. The summed E-state index contributed by atoms with van der Waals surface area (Å²) < 4.78 is 29.5. The monoisotopic (exact) mass is 550 g/mol. The first kappa shape index (κ1) is 26.9. The van der Waals surface area contributed by atoms with Crippen LogP contribution in [0.2, 0.25) is 0 Å². The zero-order chi connectivity index (χ0) is 28.0. The lowest BCUT2D eigenvalue weighted by Gasteiger charge is -2.33. The zero-order valence-corrected chi connectivity index (χ0v) is 23.3. The molecule has 210 valence electrons. The van der Waals surface area contributed by atoms with Crippen molar-refractivity contribution in [3.8, 4) is 28.5 Å². The summed E-state index contributed by atoms with van der Waals surface area (Å²) >= 11 is 0. The molecule has 2 heterocycles. The molecule has 2 atom stereocenters. The van der Waals surface area contributed by atoms with Crippen molar-refractivity contribution >= 4 is 10.8 Å². The van der Waals surface area contributed by atoms with E-state index in [1.54, 1.807) is 14.2 Å². The Kier molecular flexibility index (Phi) is 8.16. The second-order valence-electron chi connectivity index (χ2n) is 10.2. The number of aromatic nitrogens is 1. The highest BCUT2D eigenvalue weighted by atomic mass is 16.5. The average Bonchev–Trinajstić information content (AvgIpc) is 3.52. The van der Waals surface area contributed by atoms with Crippen LogP contribution in [0, 0.1) is 0 Å². The molecule has 1 aliphatic heterocycles. The third-order valence-electron chi connectivity index (χ3n) is 7.66. The molecule has 6 rings (SSSR count). The van der Waals surface area contributed by atoms with Crippen LogP contribution in [-0.4, -0.2) is 38.6 Å². The van der Waals surface area contributed by atoms with Crippen molar-refractivity contribution < 1.29 is 23.5 Å². The summed E-state index contributed by atoms with van der Waals surface area (Å²) in [4.78, 5) is 0. The highest BCUT2D eigenvalue weighted by molar-refractivity contribution is 5.94. The lowest BCUT2D eigenvalue weighted by atomic mass is 9.87. The SMILES string of the molecule is COc1cc(COC2CNCCC2c2ccc(OCc3cc(-c4ccccc4)no3)cc2)c(OC)c2ccccc12. The van der Waals surface area contributed by atoms with Crippen LogP contribution in [0.5, 0.6) is 17.2 Å².